The van der Waals surface area contributed by atoms with Crippen molar-refractivity contribution in [3.05, 3.63) is 69.3 Å². The van der Waals surface area contributed by atoms with Crippen molar-refractivity contribution in [2.75, 3.05) is 10.6 Å². The number of nitrogens with zero attached hydrogens (tertiary/aromatic N) is 2. The molecule has 0 radical (unpaired) electrons. The molecule has 1 heterocycles. The Morgan fingerprint density at radius 3 is 2.04 bits per heavy atom. The lowest BCUT2D eigenvalue weighted by molar-refractivity contribution is -0.141. The predicted molar refractivity (Wildman–Crippen MR) is 108 cm³/mol. The summed E-state index contributed by atoms with van der Waals surface area (Å²) in [4.78, 5) is 7.84. The molecule has 0 atom stereocenters. The monoisotopic (exact) mass is 450 g/mol. The van der Waals surface area contributed by atoms with Crippen LogP contribution in [0, 0.1) is 20.8 Å². The number of nitrogens with one attached hydrogen (secondary N) is 2. The number of halogens is 4. The van der Waals surface area contributed by atoms with Gasteiger partial charge in [0.15, 0.2) is 5.69 Å². The van der Waals surface area contributed by atoms with Gasteiger partial charge in [0.2, 0.25) is 5.95 Å². The number of anilines is 4. The first-order chi connectivity index (χ1) is 13.1. The van der Waals surface area contributed by atoms with E-state index in [1.165, 1.54) is 0 Å². The Morgan fingerprint density at radius 1 is 0.857 bits per heavy atom. The Morgan fingerprint density at radius 2 is 1.46 bits per heavy atom. The fourth-order valence-corrected chi connectivity index (χ4v) is 3.14. The smallest absolute Gasteiger partial charge is 0.340 e. The molecule has 0 amide bonds. The van der Waals surface area contributed by atoms with Crippen molar-refractivity contribution in [1.82, 2.24) is 9.97 Å². The number of aryl methyl sites for hydroxylation is 3. The molecule has 4 nitrogen and oxygen atoms in total. The fraction of sp³-hybridized carbons (Fsp3) is 0.200. The summed E-state index contributed by atoms with van der Waals surface area (Å²) in [7, 11) is 0. The summed E-state index contributed by atoms with van der Waals surface area (Å²) in [6.45, 7) is 5.76. The number of aromatic nitrogens is 2. The zero-order valence-electron chi connectivity index (χ0n) is 15.4. The number of hydrogen-bond donors (Lipinski definition) is 2. The van der Waals surface area contributed by atoms with Gasteiger partial charge >= 0.3 is 6.18 Å². The Hall–Kier alpha value is -2.61. The van der Waals surface area contributed by atoms with Crippen LogP contribution in [0.5, 0.6) is 0 Å². The van der Waals surface area contributed by atoms with Crippen LogP contribution in [0.3, 0.4) is 0 Å². The first-order valence-corrected chi connectivity index (χ1v) is 9.25. The summed E-state index contributed by atoms with van der Waals surface area (Å²) >= 11 is 3.32. The van der Waals surface area contributed by atoms with Crippen LogP contribution in [0.2, 0.25) is 0 Å². The third-order valence-corrected chi connectivity index (χ3v) is 4.58. The fourth-order valence-electron chi connectivity index (χ4n) is 2.88. The lowest BCUT2D eigenvalue weighted by atomic mass is 10.1. The van der Waals surface area contributed by atoms with Gasteiger partial charge in [-0.25, -0.2) is 4.98 Å². The van der Waals surface area contributed by atoms with E-state index >= 15 is 0 Å². The zero-order valence-corrected chi connectivity index (χ0v) is 17.0. The summed E-state index contributed by atoms with van der Waals surface area (Å²) in [6.07, 6.45) is -4.59. The first kappa shape index (κ1) is 20.1. The van der Waals surface area contributed by atoms with Gasteiger partial charge in [0.25, 0.3) is 0 Å². The number of alkyl halides is 3. The van der Waals surface area contributed by atoms with E-state index in [9.17, 15) is 13.2 Å². The van der Waals surface area contributed by atoms with Crippen molar-refractivity contribution in [2.24, 2.45) is 0 Å². The van der Waals surface area contributed by atoms with Crippen molar-refractivity contribution in [3.8, 4) is 0 Å². The minimum atomic E-state index is -4.59. The second-order valence-electron chi connectivity index (χ2n) is 6.49. The van der Waals surface area contributed by atoms with Crippen molar-refractivity contribution in [2.45, 2.75) is 26.9 Å². The molecule has 0 saturated heterocycles. The van der Waals surface area contributed by atoms with Crippen LogP contribution in [0.25, 0.3) is 0 Å². The van der Waals surface area contributed by atoms with Gasteiger partial charge in [-0.05, 0) is 56.2 Å². The van der Waals surface area contributed by atoms with Crippen molar-refractivity contribution in [1.29, 1.82) is 0 Å². The number of benzene rings is 2. The molecule has 0 spiro atoms. The molecule has 0 unspecified atom stereocenters. The highest BCUT2D eigenvalue weighted by atomic mass is 79.9. The third-order valence-electron chi connectivity index (χ3n) is 4.05. The maximum atomic E-state index is 13.3. The molecular weight excluding hydrogens is 433 g/mol. The van der Waals surface area contributed by atoms with Gasteiger partial charge in [-0.2, -0.15) is 18.2 Å². The molecular formula is C20H18BrF3N4. The van der Waals surface area contributed by atoms with E-state index in [-0.39, 0.29) is 11.8 Å². The topological polar surface area (TPSA) is 49.8 Å². The molecule has 1 aromatic heterocycles. The molecule has 0 fully saturated rings. The Bertz CT molecular complexity index is 978. The van der Waals surface area contributed by atoms with E-state index in [0.717, 1.165) is 32.9 Å². The highest BCUT2D eigenvalue weighted by Gasteiger charge is 2.34. The second kappa shape index (κ2) is 7.79. The molecule has 0 aliphatic rings. The summed E-state index contributed by atoms with van der Waals surface area (Å²) in [5.41, 5.74) is 3.21. The maximum absolute atomic E-state index is 13.3. The minimum absolute atomic E-state index is 0.0667. The summed E-state index contributed by atoms with van der Waals surface area (Å²) < 4.78 is 40.9. The molecule has 3 aromatic rings. The van der Waals surface area contributed by atoms with Crippen LogP contribution in [0.4, 0.5) is 36.3 Å². The van der Waals surface area contributed by atoms with Crippen LogP contribution >= 0.6 is 15.9 Å². The maximum Gasteiger partial charge on any atom is 0.433 e. The summed E-state index contributed by atoms with van der Waals surface area (Å²) in [5.74, 6) is -0.0703. The normalized spacial score (nSPS) is 11.4. The van der Waals surface area contributed by atoms with E-state index in [4.69, 9.17) is 0 Å². The zero-order chi connectivity index (χ0) is 20.5. The largest absolute Gasteiger partial charge is 0.433 e. The van der Waals surface area contributed by atoms with Crippen LogP contribution in [0.1, 0.15) is 22.4 Å². The van der Waals surface area contributed by atoms with Gasteiger partial charge in [-0.3, -0.25) is 0 Å². The highest BCUT2D eigenvalue weighted by molar-refractivity contribution is 9.10. The number of rotatable bonds is 4. The molecule has 0 bridgehead atoms. The Labute approximate surface area is 169 Å². The van der Waals surface area contributed by atoms with E-state index in [0.29, 0.717) is 5.69 Å². The van der Waals surface area contributed by atoms with Crippen LogP contribution < -0.4 is 10.6 Å². The molecule has 0 aliphatic carbocycles. The molecule has 0 aliphatic heterocycles. The third kappa shape index (κ3) is 4.81. The Balaban J connectivity index is 2.00. The van der Waals surface area contributed by atoms with E-state index in [1.54, 1.807) is 24.3 Å². The molecule has 2 aromatic carbocycles. The van der Waals surface area contributed by atoms with Gasteiger partial charge in [0.1, 0.15) is 5.82 Å². The summed E-state index contributed by atoms with van der Waals surface area (Å²) in [5, 5.41) is 5.84. The average molecular weight is 451 g/mol. The van der Waals surface area contributed by atoms with Gasteiger partial charge < -0.3 is 10.6 Å². The van der Waals surface area contributed by atoms with Crippen molar-refractivity contribution >= 4 is 39.1 Å². The van der Waals surface area contributed by atoms with Crippen LogP contribution in [-0.4, -0.2) is 9.97 Å². The second-order valence-corrected chi connectivity index (χ2v) is 7.41. The van der Waals surface area contributed by atoms with Gasteiger partial charge in [0, 0.05) is 21.9 Å². The average Bonchev–Trinajstić information content (AvgIpc) is 2.59. The lowest BCUT2D eigenvalue weighted by Crippen LogP contribution is -2.12. The SMILES string of the molecule is Cc1cc(C)c(Nc2cc(C(F)(F)F)nc(Nc3ccc(Br)cc3)n2)c(C)c1. The van der Waals surface area contributed by atoms with Crippen LogP contribution in [-0.2, 0) is 6.18 Å². The lowest BCUT2D eigenvalue weighted by Gasteiger charge is -2.16. The van der Waals surface area contributed by atoms with E-state index in [1.807, 2.05) is 32.9 Å². The van der Waals surface area contributed by atoms with Crippen LogP contribution in [0.15, 0.2) is 46.9 Å². The highest BCUT2D eigenvalue weighted by Crippen LogP contribution is 2.32. The van der Waals surface area contributed by atoms with E-state index < -0.39 is 11.9 Å². The van der Waals surface area contributed by atoms with Gasteiger partial charge in [0.05, 0.1) is 0 Å². The number of hydrogen-bond acceptors (Lipinski definition) is 4. The first-order valence-electron chi connectivity index (χ1n) is 8.45. The molecule has 2 N–H and O–H groups in total. The standard InChI is InChI=1S/C20H18BrF3N4/c1-11-8-12(2)18(13(3)9-11)27-17-10-16(20(22,23)24)26-19(28-17)25-15-6-4-14(21)5-7-15/h4-10H,1-3H3,(H2,25,26,27,28). The quantitative estimate of drug-likeness (QED) is 0.465. The Kier molecular flexibility index (Phi) is 5.60. The summed E-state index contributed by atoms with van der Waals surface area (Å²) in [6, 6.07) is 11.8. The van der Waals surface area contributed by atoms with E-state index in [2.05, 4.69) is 36.5 Å². The minimum Gasteiger partial charge on any atom is -0.340 e. The molecule has 8 heteroatoms. The van der Waals surface area contributed by atoms with Gasteiger partial charge in [-0.15, -0.1) is 0 Å². The van der Waals surface area contributed by atoms with Crippen molar-refractivity contribution in [3.63, 3.8) is 0 Å². The van der Waals surface area contributed by atoms with Gasteiger partial charge in [-0.1, -0.05) is 33.6 Å². The molecule has 0 saturated carbocycles. The molecule has 146 valence electrons. The van der Waals surface area contributed by atoms with Crippen molar-refractivity contribution < 1.29 is 13.2 Å². The molecule has 3 rings (SSSR count). The predicted octanol–water partition coefficient (Wildman–Crippen LogP) is 6.67. The molecule has 28 heavy (non-hydrogen) atoms.